The van der Waals surface area contributed by atoms with Crippen molar-refractivity contribution in [3.8, 4) is 0 Å². The first-order valence-corrected chi connectivity index (χ1v) is 3.74. The van der Waals surface area contributed by atoms with Crippen molar-refractivity contribution < 1.29 is 0 Å². The molecule has 0 amide bonds. The van der Waals surface area contributed by atoms with Crippen LogP contribution in [0.15, 0.2) is 36.9 Å². The monoisotopic (exact) mass is 141 g/mol. The number of hydrogen-bond donors (Lipinski definition) is 0. The lowest BCUT2D eigenvalue weighted by molar-refractivity contribution is 1.31. The van der Waals surface area contributed by atoms with Crippen LogP contribution in [-0.2, 0) is 6.42 Å². The lowest BCUT2D eigenvalue weighted by atomic mass is 10.1. The van der Waals surface area contributed by atoms with Crippen molar-refractivity contribution in [3.05, 3.63) is 54.1 Å². The number of rotatable bonds is 1. The zero-order valence-electron chi connectivity index (χ0n) is 6.30. The second-order valence-electron chi connectivity index (χ2n) is 2.65. The van der Waals surface area contributed by atoms with Gasteiger partial charge in [-0.1, -0.05) is 30.9 Å². The number of allylic oxidation sites excluding steroid dienone is 3. The highest BCUT2D eigenvalue weighted by Crippen LogP contribution is 2.26. The zero-order chi connectivity index (χ0) is 7.68. The molecule has 0 fully saturated rings. The Labute approximate surface area is 66.9 Å². The second-order valence-corrected chi connectivity index (χ2v) is 2.65. The third kappa shape index (κ3) is 0.911. The molecular formula is C11H9. The molecule has 1 aliphatic carbocycles. The molecule has 0 heterocycles. The van der Waals surface area contributed by atoms with Crippen LogP contribution >= 0.6 is 0 Å². The Balaban J connectivity index is 2.56. The molecule has 1 aliphatic rings. The van der Waals surface area contributed by atoms with Crippen molar-refractivity contribution in [2.45, 2.75) is 6.42 Å². The molecule has 0 nitrogen and oxygen atoms in total. The first-order valence-electron chi connectivity index (χ1n) is 3.74. The molecule has 1 aromatic rings. The standard InChI is InChI=1S/C11H9/c1-2-9-7-8-10-5-3-4-6-11(9)10/h2-3,5-7H,1,8H2. The van der Waals surface area contributed by atoms with E-state index in [0.717, 1.165) is 6.42 Å². The van der Waals surface area contributed by atoms with Crippen molar-refractivity contribution >= 4 is 5.57 Å². The van der Waals surface area contributed by atoms with Gasteiger partial charge in [0.25, 0.3) is 0 Å². The van der Waals surface area contributed by atoms with Crippen molar-refractivity contribution in [2.75, 3.05) is 0 Å². The van der Waals surface area contributed by atoms with Gasteiger partial charge in [-0.15, -0.1) is 0 Å². The highest BCUT2D eigenvalue weighted by molar-refractivity contribution is 5.79. The van der Waals surface area contributed by atoms with E-state index in [1.54, 1.807) is 0 Å². The molecule has 0 aliphatic heterocycles. The van der Waals surface area contributed by atoms with E-state index in [1.807, 2.05) is 18.2 Å². The number of benzene rings is 1. The molecule has 0 atom stereocenters. The zero-order valence-corrected chi connectivity index (χ0v) is 6.30. The van der Waals surface area contributed by atoms with Crippen LogP contribution in [0.4, 0.5) is 0 Å². The predicted octanol–water partition coefficient (Wildman–Crippen LogP) is 2.61. The van der Waals surface area contributed by atoms with Gasteiger partial charge in [0.1, 0.15) is 0 Å². The van der Waals surface area contributed by atoms with Crippen molar-refractivity contribution in [1.29, 1.82) is 0 Å². The van der Waals surface area contributed by atoms with Crippen molar-refractivity contribution in [3.63, 3.8) is 0 Å². The lowest BCUT2D eigenvalue weighted by Gasteiger charge is -1.98. The summed E-state index contributed by atoms with van der Waals surface area (Å²) >= 11 is 0. The van der Waals surface area contributed by atoms with Gasteiger partial charge in [0.2, 0.25) is 0 Å². The van der Waals surface area contributed by atoms with Crippen LogP contribution in [-0.4, -0.2) is 0 Å². The highest BCUT2D eigenvalue weighted by atomic mass is 14.1. The topological polar surface area (TPSA) is 0 Å². The van der Waals surface area contributed by atoms with Crippen molar-refractivity contribution in [2.24, 2.45) is 0 Å². The summed E-state index contributed by atoms with van der Waals surface area (Å²) in [6, 6.07) is 9.16. The largest absolute Gasteiger partial charge is 0.0985 e. The molecule has 0 unspecified atom stereocenters. The van der Waals surface area contributed by atoms with Crippen molar-refractivity contribution in [1.82, 2.24) is 0 Å². The first-order chi connectivity index (χ1) is 5.42. The van der Waals surface area contributed by atoms with Crippen LogP contribution < -0.4 is 0 Å². The van der Waals surface area contributed by atoms with E-state index < -0.39 is 0 Å². The maximum atomic E-state index is 3.76. The minimum atomic E-state index is 1.05. The summed E-state index contributed by atoms with van der Waals surface area (Å²) in [7, 11) is 0. The summed E-state index contributed by atoms with van der Waals surface area (Å²) in [6.45, 7) is 3.76. The fourth-order valence-corrected chi connectivity index (χ4v) is 1.43. The van der Waals surface area contributed by atoms with Crippen LogP contribution in [0.5, 0.6) is 0 Å². The number of fused-ring (bicyclic) bond motifs is 1. The van der Waals surface area contributed by atoms with Crippen LogP contribution in [0.2, 0.25) is 0 Å². The van der Waals surface area contributed by atoms with Gasteiger partial charge in [-0.05, 0) is 35.3 Å². The summed E-state index contributed by atoms with van der Waals surface area (Å²) in [4.78, 5) is 0. The van der Waals surface area contributed by atoms with E-state index in [4.69, 9.17) is 0 Å². The normalized spacial score (nSPS) is 14.0. The van der Waals surface area contributed by atoms with Gasteiger partial charge in [0.05, 0.1) is 0 Å². The van der Waals surface area contributed by atoms with Crippen LogP contribution in [0.1, 0.15) is 11.1 Å². The van der Waals surface area contributed by atoms with E-state index >= 15 is 0 Å². The van der Waals surface area contributed by atoms with Gasteiger partial charge in [-0.2, -0.15) is 0 Å². The molecule has 11 heavy (non-hydrogen) atoms. The average Bonchev–Trinajstić information content (AvgIpc) is 2.47. The first kappa shape index (κ1) is 6.41. The summed E-state index contributed by atoms with van der Waals surface area (Å²) in [5.41, 5.74) is 3.93. The lowest BCUT2D eigenvalue weighted by Crippen LogP contribution is -1.80. The van der Waals surface area contributed by atoms with Gasteiger partial charge in [-0.25, -0.2) is 0 Å². The summed E-state index contributed by atoms with van der Waals surface area (Å²) in [5, 5.41) is 0. The molecule has 0 bridgehead atoms. The maximum absolute atomic E-state index is 3.76. The quantitative estimate of drug-likeness (QED) is 0.564. The van der Waals surface area contributed by atoms with Gasteiger partial charge in [0.15, 0.2) is 0 Å². The Morgan fingerprint density at radius 2 is 2.45 bits per heavy atom. The van der Waals surface area contributed by atoms with Gasteiger partial charge >= 0.3 is 0 Å². The predicted molar refractivity (Wildman–Crippen MR) is 47.2 cm³/mol. The smallest absolute Gasteiger partial charge is 0.00821 e. The van der Waals surface area contributed by atoms with E-state index in [9.17, 15) is 0 Å². The van der Waals surface area contributed by atoms with E-state index in [2.05, 4.69) is 24.8 Å². The summed E-state index contributed by atoms with van der Waals surface area (Å²) in [6.07, 6.45) is 5.15. The van der Waals surface area contributed by atoms with Crippen LogP contribution in [0.3, 0.4) is 0 Å². The Bertz CT molecular complexity index is 319. The number of hydrogen-bond acceptors (Lipinski definition) is 0. The summed E-state index contributed by atoms with van der Waals surface area (Å²) < 4.78 is 0. The van der Waals surface area contributed by atoms with Gasteiger partial charge < -0.3 is 0 Å². The molecule has 0 heteroatoms. The third-order valence-electron chi connectivity index (χ3n) is 2.03. The highest BCUT2D eigenvalue weighted by Gasteiger charge is 2.09. The molecule has 0 N–H and O–H groups in total. The molecular weight excluding hydrogens is 132 g/mol. The Morgan fingerprint density at radius 3 is 3.27 bits per heavy atom. The molecule has 1 radical (unpaired) electrons. The molecule has 0 saturated carbocycles. The molecule has 1 aromatic carbocycles. The molecule has 0 saturated heterocycles. The molecule has 53 valence electrons. The Hall–Kier alpha value is -1.30. The second kappa shape index (κ2) is 2.39. The summed E-state index contributed by atoms with van der Waals surface area (Å²) in [5.74, 6) is 0. The molecule has 2 rings (SSSR count). The van der Waals surface area contributed by atoms with E-state index in [0.29, 0.717) is 0 Å². The fourth-order valence-electron chi connectivity index (χ4n) is 1.43. The average molecular weight is 141 g/mol. The maximum Gasteiger partial charge on any atom is -0.00821 e. The van der Waals surface area contributed by atoms with E-state index in [1.165, 1.54) is 16.7 Å². The van der Waals surface area contributed by atoms with Gasteiger partial charge in [0, 0.05) is 0 Å². The fraction of sp³-hybridized carbons (Fsp3) is 0.0909. The SMILES string of the molecule is C=CC1=CCc2cc[c]cc21. The molecule has 0 aromatic heterocycles. The van der Waals surface area contributed by atoms with Gasteiger partial charge in [-0.3, -0.25) is 0 Å². The van der Waals surface area contributed by atoms with Crippen LogP contribution in [0, 0.1) is 6.07 Å². The minimum Gasteiger partial charge on any atom is -0.0985 e. The van der Waals surface area contributed by atoms with Crippen LogP contribution in [0.25, 0.3) is 5.57 Å². The third-order valence-corrected chi connectivity index (χ3v) is 2.03. The molecule has 0 spiro atoms. The Morgan fingerprint density at radius 1 is 1.55 bits per heavy atom. The van der Waals surface area contributed by atoms with E-state index in [-0.39, 0.29) is 0 Å². The Kier molecular flexibility index (Phi) is 1.39. The minimum absolute atomic E-state index is 1.05.